The molecule has 0 N–H and O–H groups in total. The molecule has 0 bridgehead atoms. The van der Waals surface area contributed by atoms with E-state index in [0.717, 1.165) is 10.9 Å². The van der Waals surface area contributed by atoms with E-state index >= 15 is 0 Å². The van der Waals surface area contributed by atoms with E-state index in [1.54, 1.807) is 30.1 Å². The lowest BCUT2D eigenvalue weighted by Gasteiger charge is -2.02. The zero-order chi connectivity index (χ0) is 12.5. The number of para-hydroxylation sites is 1. The maximum Gasteiger partial charge on any atom is 0.229 e. The van der Waals surface area contributed by atoms with E-state index in [4.69, 9.17) is 0 Å². The van der Waals surface area contributed by atoms with Crippen molar-refractivity contribution in [3.05, 3.63) is 60.0 Å². The lowest BCUT2D eigenvalue weighted by molar-refractivity contribution is 0.102. The van der Waals surface area contributed by atoms with E-state index in [2.05, 4.69) is 10.1 Å². The third-order valence-electron chi connectivity index (χ3n) is 2.88. The molecule has 18 heavy (non-hydrogen) atoms. The summed E-state index contributed by atoms with van der Waals surface area (Å²) in [6, 6.07) is 13.1. The molecule has 0 saturated carbocycles. The number of hydrogen-bond donors (Lipinski definition) is 0. The Morgan fingerprint density at radius 1 is 1.11 bits per heavy atom. The van der Waals surface area contributed by atoms with Crippen LogP contribution in [0.1, 0.15) is 16.2 Å². The summed E-state index contributed by atoms with van der Waals surface area (Å²) < 4.78 is 1.55. The molecule has 1 aromatic carbocycles. The number of fused-ring (bicyclic) bond motifs is 1. The van der Waals surface area contributed by atoms with Crippen LogP contribution in [-0.2, 0) is 7.05 Å². The maximum absolute atomic E-state index is 12.2. The zero-order valence-corrected chi connectivity index (χ0v) is 9.87. The Morgan fingerprint density at radius 2 is 1.94 bits per heavy atom. The van der Waals surface area contributed by atoms with Gasteiger partial charge < -0.3 is 0 Å². The molecule has 88 valence electrons. The fourth-order valence-electron chi connectivity index (χ4n) is 1.92. The number of aromatic nitrogens is 3. The van der Waals surface area contributed by atoms with Crippen molar-refractivity contribution in [2.45, 2.75) is 0 Å². The summed E-state index contributed by atoms with van der Waals surface area (Å²) in [6.45, 7) is 0. The van der Waals surface area contributed by atoms with Gasteiger partial charge in [0.05, 0.1) is 5.52 Å². The molecule has 3 aromatic rings. The standard InChI is InChI=1S/C14H11N3O/c1-17-13(8-9-15-17)14(18)12-7-6-10-4-2-3-5-11(10)16-12/h2-9H,1H3. The smallest absolute Gasteiger partial charge is 0.229 e. The summed E-state index contributed by atoms with van der Waals surface area (Å²) in [7, 11) is 1.74. The second-order valence-electron chi connectivity index (χ2n) is 4.06. The monoisotopic (exact) mass is 237 g/mol. The number of carbonyl (C=O) groups is 1. The summed E-state index contributed by atoms with van der Waals surface area (Å²) >= 11 is 0. The van der Waals surface area contributed by atoms with E-state index in [0.29, 0.717) is 11.4 Å². The minimum Gasteiger partial charge on any atom is -0.285 e. The molecule has 2 aromatic heterocycles. The molecule has 0 fully saturated rings. The van der Waals surface area contributed by atoms with E-state index in [9.17, 15) is 4.79 Å². The number of benzene rings is 1. The lowest BCUT2D eigenvalue weighted by Crippen LogP contribution is -2.09. The van der Waals surface area contributed by atoms with Gasteiger partial charge in [0.15, 0.2) is 0 Å². The third kappa shape index (κ3) is 1.68. The van der Waals surface area contributed by atoms with E-state index in [-0.39, 0.29) is 5.78 Å². The van der Waals surface area contributed by atoms with Gasteiger partial charge in [0.1, 0.15) is 11.4 Å². The molecule has 0 amide bonds. The van der Waals surface area contributed by atoms with Crippen LogP contribution in [0.4, 0.5) is 0 Å². The molecule has 4 heteroatoms. The van der Waals surface area contributed by atoms with E-state index in [1.807, 2.05) is 30.3 Å². The Bertz CT molecular complexity index is 730. The molecule has 0 radical (unpaired) electrons. The third-order valence-corrected chi connectivity index (χ3v) is 2.88. The van der Waals surface area contributed by atoms with Crippen LogP contribution in [0.5, 0.6) is 0 Å². The molecule has 0 spiro atoms. The minimum atomic E-state index is -0.110. The molecular weight excluding hydrogens is 226 g/mol. The van der Waals surface area contributed by atoms with Crippen molar-refractivity contribution in [2.24, 2.45) is 7.05 Å². The molecule has 0 unspecified atom stereocenters. The molecule has 0 aliphatic rings. The zero-order valence-electron chi connectivity index (χ0n) is 9.87. The van der Waals surface area contributed by atoms with Crippen LogP contribution in [0.2, 0.25) is 0 Å². The molecule has 2 heterocycles. The summed E-state index contributed by atoms with van der Waals surface area (Å²) in [4.78, 5) is 16.6. The van der Waals surface area contributed by atoms with Crippen LogP contribution in [-0.4, -0.2) is 20.5 Å². The second-order valence-corrected chi connectivity index (χ2v) is 4.06. The van der Waals surface area contributed by atoms with Crippen LogP contribution in [0.25, 0.3) is 10.9 Å². The number of hydrogen-bond acceptors (Lipinski definition) is 3. The van der Waals surface area contributed by atoms with Gasteiger partial charge in [-0.3, -0.25) is 9.48 Å². The quantitative estimate of drug-likeness (QED) is 0.642. The van der Waals surface area contributed by atoms with Crippen molar-refractivity contribution in [3.63, 3.8) is 0 Å². The molecule has 0 aliphatic carbocycles. The van der Waals surface area contributed by atoms with Crippen LogP contribution in [0.15, 0.2) is 48.7 Å². The first kappa shape index (κ1) is 10.7. The first-order valence-electron chi connectivity index (χ1n) is 5.64. The van der Waals surface area contributed by atoms with Crippen LogP contribution in [0, 0.1) is 0 Å². The average molecular weight is 237 g/mol. The van der Waals surface area contributed by atoms with Crippen molar-refractivity contribution in [1.82, 2.24) is 14.8 Å². The minimum absolute atomic E-state index is 0.110. The van der Waals surface area contributed by atoms with Gasteiger partial charge in [-0.05, 0) is 18.2 Å². The molecule has 4 nitrogen and oxygen atoms in total. The van der Waals surface area contributed by atoms with Gasteiger partial charge in [0, 0.05) is 18.6 Å². The second kappa shape index (κ2) is 4.07. The number of ketones is 1. The van der Waals surface area contributed by atoms with Crippen molar-refractivity contribution >= 4 is 16.7 Å². The van der Waals surface area contributed by atoms with Gasteiger partial charge in [0.2, 0.25) is 5.78 Å². The summed E-state index contributed by atoms with van der Waals surface area (Å²) in [5, 5.41) is 5.02. The molecule has 3 rings (SSSR count). The van der Waals surface area contributed by atoms with Crippen LogP contribution < -0.4 is 0 Å². The normalized spacial score (nSPS) is 10.7. The van der Waals surface area contributed by atoms with Gasteiger partial charge in [-0.2, -0.15) is 5.10 Å². The van der Waals surface area contributed by atoms with Crippen LogP contribution in [0.3, 0.4) is 0 Å². The molecule has 0 atom stereocenters. The summed E-state index contributed by atoms with van der Waals surface area (Å²) in [5.41, 5.74) is 1.81. The Hall–Kier alpha value is -2.49. The van der Waals surface area contributed by atoms with Gasteiger partial charge in [-0.15, -0.1) is 0 Å². The highest BCUT2D eigenvalue weighted by Crippen LogP contribution is 2.14. The Balaban J connectivity index is 2.10. The number of carbonyl (C=O) groups excluding carboxylic acids is 1. The highest BCUT2D eigenvalue weighted by atomic mass is 16.1. The first-order chi connectivity index (χ1) is 8.75. The van der Waals surface area contributed by atoms with Gasteiger partial charge in [0.25, 0.3) is 0 Å². The molecule has 0 saturated heterocycles. The molecule has 0 aliphatic heterocycles. The Morgan fingerprint density at radius 3 is 2.72 bits per heavy atom. The fourth-order valence-corrected chi connectivity index (χ4v) is 1.92. The predicted molar refractivity (Wildman–Crippen MR) is 68.4 cm³/mol. The fraction of sp³-hybridized carbons (Fsp3) is 0.0714. The van der Waals surface area contributed by atoms with E-state index < -0.39 is 0 Å². The van der Waals surface area contributed by atoms with Gasteiger partial charge >= 0.3 is 0 Å². The van der Waals surface area contributed by atoms with Crippen molar-refractivity contribution in [3.8, 4) is 0 Å². The van der Waals surface area contributed by atoms with Gasteiger partial charge in [-0.25, -0.2) is 4.98 Å². The average Bonchev–Trinajstić information content (AvgIpc) is 2.83. The van der Waals surface area contributed by atoms with E-state index in [1.165, 1.54) is 0 Å². The highest BCUT2D eigenvalue weighted by Gasteiger charge is 2.14. The largest absolute Gasteiger partial charge is 0.285 e. The summed E-state index contributed by atoms with van der Waals surface area (Å²) in [6.07, 6.45) is 1.61. The SMILES string of the molecule is Cn1nccc1C(=O)c1ccc2ccccc2n1. The predicted octanol–water partition coefficient (Wildman–Crippen LogP) is 2.20. The van der Waals surface area contributed by atoms with Crippen molar-refractivity contribution in [1.29, 1.82) is 0 Å². The number of aryl methyl sites for hydroxylation is 1. The number of rotatable bonds is 2. The highest BCUT2D eigenvalue weighted by molar-refractivity contribution is 6.07. The molecular formula is C14H11N3O. The van der Waals surface area contributed by atoms with Crippen molar-refractivity contribution in [2.75, 3.05) is 0 Å². The Labute approximate surface area is 104 Å². The number of pyridine rings is 1. The maximum atomic E-state index is 12.2. The number of nitrogens with zero attached hydrogens (tertiary/aromatic N) is 3. The van der Waals surface area contributed by atoms with Gasteiger partial charge in [-0.1, -0.05) is 24.3 Å². The first-order valence-corrected chi connectivity index (χ1v) is 5.64. The Kier molecular flexibility index (Phi) is 2.41. The van der Waals surface area contributed by atoms with Crippen LogP contribution >= 0.6 is 0 Å². The topological polar surface area (TPSA) is 47.8 Å². The summed E-state index contributed by atoms with van der Waals surface area (Å²) in [5.74, 6) is -0.110. The lowest BCUT2D eigenvalue weighted by atomic mass is 10.1. The van der Waals surface area contributed by atoms with Crippen molar-refractivity contribution < 1.29 is 4.79 Å².